The SMILES string of the molecule is CN(c1cnn(-c2ccc(F)cc2F)c(=O)c1Cl)C1CCCN(c2cccnn2)C1. The maximum Gasteiger partial charge on any atom is 0.292 e. The Morgan fingerprint density at radius 3 is 2.83 bits per heavy atom. The molecule has 1 fully saturated rings. The Balaban J connectivity index is 1.61. The van der Waals surface area contributed by atoms with Crippen molar-refractivity contribution in [2.45, 2.75) is 18.9 Å². The molecular formula is C20H19ClF2N6O. The summed E-state index contributed by atoms with van der Waals surface area (Å²) in [5, 5.41) is 12.1. The van der Waals surface area contributed by atoms with Crippen molar-refractivity contribution in [3.05, 3.63) is 69.7 Å². The average molecular weight is 433 g/mol. The van der Waals surface area contributed by atoms with Gasteiger partial charge in [0.2, 0.25) is 0 Å². The molecule has 0 aliphatic carbocycles. The van der Waals surface area contributed by atoms with Crippen LogP contribution >= 0.6 is 11.6 Å². The number of hydrogen-bond donors (Lipinski definition) is 0. The molecule has 0 N–H and O–H groups in total. The zero-order valence-electron chi connectivity index (χ0n) is 16.2. The molecule has 1 aliphatic rings. The molecule has 7 nitrogen and oxygen atoms in total. The fourth-order valence-corrected chi connectivity index (χ4v) is 3.89. The van der Waals surface area contributed by atoms with Crippen LogP contribution in [0.3, 0.4) is 0 Å². The van der Waals surface area contributed by atoms with Crippen molar-refractivity contribution in [1.82, 2.24) is 20.0 Å². The van der Waals surface area contributed by atoms with Gasteiger partial charge >= 0.3 is 0 Å². The van der Waals surface area contributed by atoms with Crippen LogP contribution in [0.25, 0.3) is 5.69 Å². The summed E-state index contributed by atoms with van der Waals surface area (Å²) in [7, 11) is 1.84. The standard InChI is InChI=1S/C20H19ClF2N6O/c1-27(14-4-3-9-28(12-14)18-5-2-8-24-26-18)17-11-25-29(20(30)19(17)21)16-7-6-13(22)10-15(16)23/h2,5-8,10-11,14H,3-4,9,12H2,1H3. The van der Waals surface area contributed by atoms with Gasteiger partial charge in [-0.2, -0.15) is 14.9 Å². The van der Waals surface area contributed by atoms with E-state index >= 15 is 0 Å². The van der Waals surface area contributed by atoms with E-state index in [1.165, 1.54) is 6.20 Å². The molecule has 0 spiro atoms. The van der Waals surface area contributed by atoms with E-state index in [-0.39, 0.29) is 16.8 Å². The first-order valence-electron chi connectivity index (χ1n) is 9.44. The highest BCUT2D eigenvalue weighted by molar-refractivity contribution is 6.33. The van der Waals surface area contributed by atoms with Gasteiger partial charge < -0.3 is 9.80 Å². The van der Waals surface area contributed by atoms with Crippen molar-refractivity contribution in [1.29, 1.82) is 0 Å². The molecule has 0 bridgehead atoms. The smallest absolute Gasteiger partial charge is 0.292 e. The quantitative estimate of drug-likeness (QED) is 0.631. The van der Waals surface area contributed by atoms with Crippen LogP contribution in [0.2, 0.25) is 5.02 Å². The van der Waals surface area contributed by atoms with Crippen molar-refractivity contribution in [3.63, 3.8) is 0 Å². The Bertz CT molecular complexity index is 1110. The van der Waals surface area contributed by atoms with E-state index in [9.17, 15) is 13.6 Å². The van der Waals surface area contributed by atoms with E-state index in [0.29, 0.717) is 18.3 Å². The molecule has 1 saturated heterocycles. The molecule has 2 aromatic heterocycles. The average Bonchev–Trinajstić information content (AvgIpc) is 2.76. The Morgan fingerprint density at radius 1 is 1.27 bits per heavy atom. The summed E-state index contributed by atoms with van der Waals surface area (Å²) in [6.45, 7) is 1.54. The molecule has 0 radical (unpaired) electrons. The Hall–Kier alpha value is -3.07. The summed E-state index contributed by atoms with van der Waals surface area (Å²) in [5.41, 5.74) is -0.386. The predicted molar refractivity (Wildman–Crippen MR) is 110 cm³/mol. The van der Waals surface area contributed by atoms with Crippen LogP contribution in [0.4, 0.5) is 20.3 Å². The topological polar surface area (TPSA) is 67.2 Å². The Morgan fingerprint density at radius 2 is 2.10 bits per heavy atom. The second-order valence-corrected chi connectivity index (χ2v) is 7.47. The zero-order chi connectivity index (χ0) is 21.3. The highest BCUT2D eigenvalue weighted by Crippen LogP contribution is 2.27. The molecule has 3 aromatic rings. The summed E-state index contributed by atoms with van der Waals surface area (Å²) in [5.74, 6) is -0.840. The molecule has 1 aromatic carbocycles. The maximum absolute atomic E-state index is 14.1. The first-order chi connectivity index (χ1) is 14.5. The number of likely N-dealkylation sites (N-methyl/N-ethyl adjacent to an activating group) is 1. The van der Waals surface area contributed by atoms with Gasteiger partial charge in [0.1, 0.15) is 16.5 Å². The Kier molecular flexibility index (Phi) is 5.63. The third-order valence-electron chi connectivity index (χ3n) is 5.24. The number of aromatic nitrogens is 4. The number of piperidine rings is 1. The van der Waals surface area contributed by atoms with Crippen LogP contribution in [-0.4, -0.2) is 46.2 Å². The number of halogens is 3. The molecule has 30 heavy (non-hydrogen) atoms. The lowest BCUT2D eigenvalue weighted by atomic mass is 10.0. The third-order valence-corrected chi connectivity index (χ3v) is 5.60. The summed E-state index contributed by atoms with van der Waals surface area (Å²) in [6.07, 6.45) is 4.89. The van der Waals surface area contributed by atoms with E-state index < -0.39 is 17.2 Å². The first-order valence-corrected chi connectivity index (χ1v) is 9.82. The summed E-state index contributed by atoms with van der Waals surface area (Å²) in [4.78, 5) is 16.8. The van der Waals surface area contributed by atoms with Gasteiger partial charge in [0.25, 0.3) is 5.56 Å². The highest BCUT2D eigenvalue weighted by Gasteiger charge is 2.27. The summed E-state index contributed by atoms with van der Waals surface area (Å²) in [6, 6.07) is 6.72. The van der Waals surface area contributed by atoms with E-state index in [1.807, 2.05) is 24.1 Å². The zero-order valence-corrected chi connectivity index (χ0v) is 16.9. The largest absolute Gasteiger partial charge is 0.367 e. The van der Waals surface area contributed by atoms with Gasteiger partial charge in [-0.1, -0.05) is 11.6 Å². The fraction of sp³-hybridized carbons (Fsp3) is 0.300. The monoisotopic (exact) mass is 432 g/mol. The lowest BCUT2D eigenvalue weighted by Gasteiger charge is -2.39. The minimum Gasteiger partial charge on any atom is -0.367 e. The number of nitrogens with zero attached hydrogens (tertiary/aromatic N) is 6. The maximum atomic E-state index is 14.1. The van der Waals surface area contributed by atoms with Crippen molar-refractivity contribution in [3.8, 4) is 5.69 Å². The van der Waals surface area contributed by atoms with E-state index in [2.05, 4.69) is 20.2 Å². The molecular weight excluding hydrogens is 414 g/mol. The van der Waals surface area contributed by atoms with Gasteiger partial charge in [0.05, 0.1) is 11.9 Å². The van der Waals surface area contributed by atoms with Crippen molar-refractivity contribution in [2.24, 2.45) is 0 Å². The van der Waals surface area contributed by atoms with E-state index in [1.54, 1.807) is 6.20 Å². The molecule has 0 amide bonds. The summed E-state index contributed by atoms with van der Waals surface area (Å²) < 4.78 is 28.1. The van der Waals surface area contributed by atoms with Crippen LogP contribution in [0, 0.1) is 11.6 Å². The van der Waals surface area contributed by atoms with Crippen molar-refractivity contribution in [2.75, 3.05) is 29.9 Å². The molecule has 3 heterocycles. The van der Waals surface area contributed by atoms with Gasteiger partial charge in [-0.3, -0.25) is 4.79 Å². The van der Waals surface area contributed by atoms with E-state index in [0.717, 1.165) is 42.0 Å². The fourth-order valence-electron chi connectivity index (χ4n) is 3.63. The summed E-state index contributed by atoms with van der Waals surface area (Å²) >= 11 is 6.35. The molecule has 1 atom stereocenters. The van der Waals surface area contributed by atoms with Gasteiger partial charge in [-0.15, -0.1) is 5.10 Å². The number of hydrogen-bond acceptors (Lipinski definition) is 6. The number of rotatable bonds is 4. The predicted octanol–water partition coefficient (Wildman–Crippen LogP) is 3.06. The van der Waals surface area contributed by atoms with Crippen molar-refractivity contribution >= 4 is 23.1 Å². The lowest BCUT2D eigenvalue weighted by Crippen LogP contribution is -2.47. The lowest BCUT2D eigenvalue weighted by molar-refractivity contribution is 0.483. The van der Waals surface area contributed by atoms with E-state index in [4.69, 9.17) is 11.6 Å². The van der Waals surface area contributed by atoms with Gasteiger partial charge in [0.15, 0.2) is 11.6 Å². The first kappa shape index (κ1) is 20.2. The second kappa shape index (κ2) is 8.35. The normalized spacial score (nSPS) is 16.5. The van der Waals surface area contributed by atoms with Gasteiger partial charge in [-0.05, 0) is 37.1 Å². The van der Waals surface area contributed by atoms with Crippen LogP contribution in [0.5, 0.6) is 0 Å². The molecule has 156 valence electrons. The molecule has 4 rings (SSSR count). The minimum absolute atomic E-state index is 0.0675. The minimum atomic E-state index is -0.895. The number of anilines is 2. The Labute approximate surface area is 176 Å². The number of benzene rings is 1. The van der Waals surface area contributed by atoms with Crippen LogP contribution < -0.4 is 15.4 Å². The van der Waals surface area contributed by atoms with Crippen LogP contribution in [-0.2, 0) is 0 Å². The highest BCUT2D eigenvalue weighted by atomic mass is 35.5. The van der Waals surface area contributed by atoms with Gasteiger partial charge in [-0.25, -0.2) is 8.78 Å². The third kappa shape index (κ3) is 3.85. The van der Waals surface area contributed by atoms with Crippen LogP contribution in [0.1, 0.15) is 12.8 Å². The van der Waals surface area contributed by atoms with Gasteiger partial charge in [0, 0.05) is 38.4 Å². The molecule has 0 saturated carbocycles. The molecule has 10 heteroatoms. The van der Waals surface area contributed by atoms with Crippen molar-refractivity contribution < 1.29 is 8.78 Å². The second-order valence-electron chi connectivity index (χ2n) is 7.09. The molecule has 1 aliphatic heterocycles. The van der Waals surface area contributed by atoms with Crippen LogP contribution in [0.15, 0.2) is 47.5 Å². The molecule has 1 unspecified atom stereocenters.